The summed E-state index contributed by atoms with van der Waals surface area (Å²) in [6.07, 6.45) is 2.75. The number of fused-ring (bicyclic) bond motifs is 1. The van der Waals surface area contributed by atoms with E-state index in [-0.39, 0.29) is 0 Å². The summed E-state index contributed by atoms with van der Waals surface area (Å²) >= 11 is 0. The Labute approximate surface area is 123 Å². The average Bonchev–Trinajstić information content (AvgIpc) is 2.57. The molecule has 0 radical (unpaired) electrons. The normalized spacial score (nSPS) is 7.40. The third kappa shape index (κ3) is 10.9. The van der Waals surface area contributed by atoms with Gasteiger partial charge in [-0.3, -0.25) is 0 Å². The van der Waals surface area contributed by atoms with Crippen molar-refractivity contribution in [3.05, 3.63) is 74.2 Å². The van der Waals surface area contributed by atoms with Gasteiger partial charge in [0.2, 0.25) is 0 Å². The van der Waals surface area contributed by atoms with Gasteiger partial charge in [-0.2, -0.15) is 0 Å². The Morgan fingerprint density at radius 3 is 1.05 bits per heavy atom. The van der Waals surface area contributed by atoms with Crippen molar-refractivity contribution in [1.29, 1.82) is 0 Å². The summed E-state index contributed by atoms with van der Waals surface area (Å²) in [6.45, 7) is 10.5. The molecule has 0 bridgehead atoms. The highest BCUT2D eigenvalue weighted by atomic mass is 16.5. The first-order valence-corrected chi connectivity index (χ1v) is 6.51. The molecule has 2 rings (SSSR count). The van der Waals surface area contributed by atoms with Crippen LogP contribution in [0.3, 0.4) is 0 Å². The van der Waals surface area contributed by atoms with Gasteiger partial charge in [0.05, 0.1) is 26.7 Å². The summed E-state index contributed by atoms with van der Waals surface area (Å²) in [4.78, 5) is 0. The highest BCUT2D eigenvalue weighted by molar-refractivity contribution is 5.81. The minimum atomic E-state index is 1.31. The van der Waals surface area contributed by atoms with Gasteiger partial charge < -0.3 is 9.47 Å². The highest BCUT2D eigenvalue weighted by Crippen LogP contribution is 2.11. The molecule has 0 N–H and O–H groups in total. The van der Waals surface area contributed by atoms with Gasteiger partial charge in [-0.25, -0.2) is 0 Å². The van der Waals surface area contributed by atoms with E-state index in [1.54, 1.807) is 14.2 Å². The lowest BCUT2D eigenvalue weighted by molar-refractivity contribution is 0.339. The average molecular weight is 274 g/mol. The van der Waals surface area contributed by atoms with Crippen LogP contribution < -0.4 is 0 Å². The van der Waals surface area contributed by atoms with Crippen LogP contribution in [-0.4, -0.2) is 14.2 Å². The lowest BCUT2D eigenvalue weighted by Gasteiger charge is -1.92. The highest BCUT2D eigenvalue weighted by Gasteiger charge is 1.85. The van der Waals surface area contributed by atoms with Crippen molar-refractivity contribution in [3.63, 3.8) is 0 Å². The van der Waals surface area contributed by atoms with Crippen molar-refractivity contribution >= 4 is 10.8 Å². The van der Waals surface area contributed by atoms with E-state index in [2.05, 4.69) is 71.2 Å². The molecule has 2 heteroatoms. The lowest BCUT2D eigenvalue weighted by atomic mass is 10.1. The van der Waals surface area contributed by atoms with Gasteiger partial charge >= 0.3 is 0 Å². The van der Waals surface area contributed by atoms with Crippen LogP contribution in [0.5, 0.6) is 0 Å². The molecule has 0 fully saturated rings. The van der Waals surface area contributed by atoms with E-state index in [1.807, 2.05) is 13.8 Å². The van der Waals surface area contributed by atoms with E-state index in [4.69, 9.17) is 0 Å². The predicted molar refractivity (Wildman–Crippen MR) is 89.7 cm³/mol. The molecule has 0 aliphatic rings. The maximum Gasteiger partial charge on any atom is 0.0766 e. The first-order valence-electron chi connectivity index (χ1n) is 6.51. The Hall–Kier alpha value is -2.22. The molecule has 0 spiro atoms. The van der Waals surface area contributed by atoms with Crippen molar-refractivity contribution in [3.8, 4) is 0 Å². The zero-order valence-electron chi connectivity index (χ0n) is 13.0. The van der Waals surface area contributed by atoms with Crippen LogP contribution >= 0.6 is 0 Å². The Balaban J connectivity index is 0. The first-order chi connectivity index (χ1) is 9.79. The molecular formula is C18H26O2. The fraction of sp³-hybridized carbons (Fsp3) is 0.222. The summed E-state index contributed by atoms with van der Waals surface area (Å²) in [5.74, 6) is 0. The fourth-order valence-corrected chi connectivity index (χ4v) is 1.13. The molecule has 0 atom stereocenters. The number of hydrogen-bond acceptors (Lipinski definition) is 2. The fourth-order valence-electron chi connectivity index (χ4n) is 1.13. The maximum atomic E-state index is 4.31. The second-order valence-electron chi connectivity index (χ2n) is 3.15. The first kappa shape index (κ1) is 20.1. The molecule has 0 aliphatic heterocycles. The number of ether oxygens (including phenoxy) is 2. The van der Waals surface area contributed by atoms with Gasteiger partial charge in [0.15, 0.2) is 0 Å². The van der Waals surface area contributed by atoms with Gasteiger partial charge in [0, 0.05) is 0 Å². The van der Waals surface area contributed by atoms with Crippen LogP contribution in [0, 0.1) is 0 Å². The minimum Gasteiger partial charge on any atom is -0.505 e. The van der Waals surface area contributed by atoms with Gasteiger partial charge in [0.25, 0.3) is 0 Å². The van der Waals surface area contributed by atoms with Crippen LogP contribution in [0.2, 0.25) is 0 Å². The molecule has 2 nitrogen and oxygen atoms in total. The van der Waals surface area contributed by atoms with E-state index in [1.165, 1.54) is 23.3 Å². The van der Waals surface area contributed by atoms with Crippen molar-refractivity contribution < 1.29 is 9.47 Å². The Morgan fingerprint density at radius 2 is 0.900 bits per heavy atom. The zero-order chi connectivity index (χ0) is 15.6. The van der Waals surface area contributed by atoms with E-state index in [0.29, 0.717) is 0 Å². The summed E-state index contributed by atoms with van der Waals surface area (Å²) in [5.41, 5.74) is 0. The Kier molecular flexibility index (Phi) is 16.9. The van der Waals surface area contributed by atoms with Crippen molar-refractivity contribution in [2.45, 2.75) is 13.8 Å². The summed E-state index contributed by atoms with van der Waals surface area (Å²) in [7, 11) is 3.12. The number of methoxy groups -OCH3 is 2. The molecule has 20 heavy (non-hydrogen) atoms. The van der Waals surface area contributed by atoms with Crippen LogP contribution in [0.4, 0.5) is 0 Å². The summed E-state index contributed by atoms with van der Waals surface area (Å²) in [6, 6.07) is 16.7. The van der Waals surface area contributed by atoms with Gasteiger partial charge in [-0.1, -0.05) is 75.5 Å². The van der Waals surface area contributed by atoms with E-state index in [0.717, 1.165) is 0 Å². The molecule has 0 aliphatic carbocycles. The van der Waals surface area contributed by atoms with E-state index >= 15 is 0 Å². The molecule has 0 amide bonds. The van der Waals surface area contributed by atoms with E-state index in [9.17, 15) is 0 Å². The second kappa shape index (κ2) is 16.8. The lowest BCUT2D eigenvalue weighted by Crippen LogP contribution is -1.67. The van der Waals surface area contributed by atoms with Crippen LogP contribution in [0.15, 0.2) is 74.2 Å². The largest absolute Gasteiger partial charge is 0.505 e. The van der Waals surface area contributed by atoms with Gasteiger partial charge in [-0.15, -0.1) is 0 Å². The molecule has 0 saturated heterocycles. The Morgan fingerprint density at radius 1 is 0.700 bits per heavy atom. The third-order valence-electron chi connectivity index (χ3n) is 1.99. The molecule has 2 aromatic carbocycles. The summed E-state index contributed by atoms with van der Waals surface area (Å²) < 4.78 is 8.61. The number of hydrogen-bond donors (Lipinski definition) is 0. The van der Waals surface area contributed by atoms with Crippen molar-refractivity contribution in [1.82, 2.24) is 0 Å². The molecule has 0 unspecified atom stereocenters. The quantitative estimate of drug-likeness (QED) is 0.681. The van der Waals surface area contributed by atoms with Crippen molar-refractivity contribution in [2.24, 2.45) is 0 Å². The standard InChI is InChI=1S/C10H8.2C3H6O.C2H6/c1-2-6-10-8-4-3-7-9(10)5-1;2*1-3-4-2;1-2/h1-8H;2*3H,1H2,2H3;1-2H3. The third-order valence-corrected chi connectivity index (χ3v) is 1.99. The van der Waals surface area contributed by atoms with Crippen LogP contribution in [0.1, 0.15) is 13.8 Å². The Bertz CT molecular complexity index is 376. The topological polar surface area (TPSA) is 18.5 Å². The number of rotatable bonds is 2. The maximum absolute atomic E-state index is 4.31. The SMILES string of the molecule is C=COC.C=COC.CC.c1ccc2ccccc2c1. The van der Waals surface area contributed by atoms with Crippen molar-refractivity contribution in [2.75, 3.05) is 14.2 Å². The van der Waals surface area contributed by atoms with E-state index < -0.39 is 0 Å². The van der Waals surface area contributed by atoms with Gasteiger partial charge in [-0.05, 0) is 10.8 Å². The van der Waals surface area contributed by atoms with Crippen LogP contribution in [-0.2, 0) is 9.47 Å². The van der Waals surface area contributed by atoms with Gasteiger partial charge in [0.1, 0.15) is 0 Å². The van der Waals surface area contributed by atoms with Crippen LogP contribution in [0.25, 0.3) is 10.8 Å². The molecule has 0 aromatic heterocycles. The smallest absolute Gasteiger partial charge is 0.0766 e. The number of benzene rings is 2. The molecule has 110 valence electrons. The second-order valence-corrected chi connectivity index (χ2v) is 3.15. The zero-order valence-corrected chi connectivity index (χ0v) is 13.0. The monoisotopic (exact) mass is 274 g/mol. The predicted octanol–water partition coefficient (Wildman–Crippen LogP) is 5.42. The summed E-state index contributed by atoms with van der Waals surface area (Å²) in [5, 5.41) is 2.62. The molecule has 0 saturated carbocycles. The molecule has 2 aromatic rings. The molecular weight excluding hydrogens is 248 g/mol. The minimum absolute atomic E-state index is 1.31. The molecule has 0 heterocycles.